The lowest BCUT2D eigenvalue weighted by molar-refractivity contribution is -0.140. The van der Waals surface area contributed by atoms with E-state index in [4.69, 9.17) is 14.2 Å². The second kappa shape index (κ2) is 10.1. The van der Waals surface area contributed by atoms with E-state index in [9.17, 15) is 9.59 Å². The van der Waals surface area contributed by atoms with E-state index in [1.807, 2.05) is 19.0 Å². The van der Waals surface area contributed by atoms with Crippen molar-refractivity contribution < 1.29 is 23.8 Å². The molecule has 1 unspecified atom stereocenters. The van der Waals surface area contributed by atoms with Gasteiger partial charge in [-0.25, -0.2) is 9.59 Å². The van der Waals surface area contributed by atoms with Crippen LogP contribution in [0.15, 0.2) is 24.3 Å². The van der Waals surface area contributed by atoms with E-state index in [0.717, 1.165) is 6.54 Å². The lowest BCUT2D eigenvalue weighted by Gasteiger charge is -2.09. The summed E-state index contributed by atoms with van der Waals surface area (Å²) in [5.41, 5.74) is 0.879. The van der Waals surface area contributed by atoms with E-state index < -0.39 is 0 Å². The van der Waals surface area contributed by atoms with Crippen LogP contribution in [0, 0.1) is 0 Å². The Labute approximate surface area is 126 Å². The molecule has 120 valence electrons. The van der Waals surface area contributed by atoms with E-state index in [0.29, 0.717) is 31.0 Å². The van der Waals surface area contributed by atoms with Gasteiger partial charge in [0.25, 0.3) is 0 Å². The average Bonchev–Trinajstić information content (AvgIpc) is 3.19. The second-order valence-electron chi connectivity index (χ2n) is 5.05. The maximum absolute atomic E-state index is 10.8. The Morgan fingerprint density at radius 2 is 1.62 bits per heavy atom. The summed E-state index contributed by atoms with van der Waals surface area (Å²) in [6, 6.07) is 0. The van der Waals surface area contributed by atoms with Gasteiger partial charge in [-0.15, -0.1) is 0 Å². The van der Waals surface area contributed by atoms with Crippen LogP contribution >= 0.6 is 0 Å². The summed E-state index contributed by atoms with van der Waals surface area (Å²) >= 11 is 0. The Morgan fingerprint density at radius 1 is 1.14 bits per heavy atom. The highest BCUT2D eigenvalue weighted by Gasteiger charge is 2.24. The molecule has 0 saturated carbocycles. The van der Waals surface area contributed by atoms with Gasteiger partial charge in [0.05, 0.1) is 6.61 Å². The molecule has 1 rings (SSSR count). The first kappa shape index (κ1) is 19.3. The number of carbonyl (C=O) groups excluding carboxylic acids is 2. The Bertz CT molecular complexity index is 386. The van der Waals surface area contributed by atoms with Crippen LogP contribution < -0.4 is 0 Å². The molecule has 1 fully saturated rings. The molecule has 1 aliphatic rings. The van der Waals surface area contributed by atoms with Crippen LogP contribution in [0.2, 0.25) is 0 Å². The third kappa shape index (κ3) is 11.8. The number of likely N-dealkylation sites (N-methyl/N-ethyl adjacent to an activating group) is 1. The van der Waals surface area contributed by atoms with Gasteiger partial charge < -0.3 is 19.1 Å². The van der Waals surface area contributed by atoms with Gasteiger partial charge in [-0.3, -0.25) is 0 Å². The SMILES string of the molecule is C=C(C)C(=O)OCC1CO1.C=C(C)C(=O)OCCN(C)C. The molecular weight excluding hydrogens is 274 g/mol. The summed E-state index contributed by atoms with van der Waals surface area (Å²) in [5, 5.41) is 0. The zero-order valence-corrected chi connectivity index (χ0v) is 13.3. The van der Waals surface area contributed by atoms with E-state index in [2.05, 4.69) is 13.2 Å². The number of nitrogens with zero attached hydrogens (tertiary/aromatic N) is 1. The quantitative estimate of drug-likeness (QED) is 0.399. The zero-order valence-electron chi connectivity index (χ0n) is 13.3. The molecule has 0 radical (unpaired) electrons. The van der Waals surface area contributed by atoms with Crippen LogP contribution in [0.3, 0.4) is 0 Å². The Kier molecular flexibility index (Phi) is 9.32. The minimum Gasteiger partial charge on any atom is -0.461 e. The first-order chi connectivity index (χ1) is 9.73. The molecule has 0 spiro atoms. The number of hydrogen-bond acceptors (Lipinski definition) is 6. The molecular formula is C15H25NO5. The van der Waals surface area contributed by atoms with Gasteiger partial charge in [-0.1, -0.05) is 13.2 Å². The van der Waals surface area contributed by atoms with Crippen molar-refractivity contribution in [1.29, 1.82) is 0 Å². The third-order valence-corrected chi connectivity index (χ3v) is 2.27. The molecule has 0 amide bonds. The molecule has 0 bridgehead atoms. The van der Waals surface area contributed by atoms with Gasteiger partial charge in [-0.2, -0.15) is 0 Å². The van der Waals surface area contributed by atoms with E-state index >= 15 is 0 Å². The monoisotopic (exact) mass is 299 g/mol. The highest BCUT2D eigenvalue weighted by Crippen LogP contribution is 2.09. The van der Waals surface area contributed by atoms with Crippen molar-refractivity contribution in [2.45, 2.75) is 20.0 Å². The van der Waals surface area contributed by atoms with Crippen LogP contribution in [0.5, 0.6) is 0 Å². The number of carbonyl (C=O) groups is 2. The first-order valence-corrected chi connectivity index (χ1v) is 6.65. The molecule has 0 N–H and O–H groups in total. The van der Waals surface area contributed by atoms with Gasteiger partial charge in [0, 0.05) is 17.7 Å². The van der Waals surface area contributed by atoms with Crippen LogP contribution in [0.4, 0.5) is 0 Å². The Morgan fingerprint density at radius 3 is 2.00 bits per heavy atom. The largest absolute Gasteiger partial charge is 0.461 e. The van der Waals surface area contributed by atoms with Gasteiger partial charge in [0.2, 0.25) is 0 Å². The van der Waals surface area contributed by atoms with Crippen LogP contribution in [0.1, 0.15) is 13.8 Å². The summed E-state index contributed by atoms with van der Waals surface area (Å²) in [5.74, 6) is -0.651. The summed E-state index contributed by atoms with van der Waals surface area (Å²) < 4.78 is 14.4. The summed E-state index contributed by atoms with van der Waals surface area (Å²) in [7, 11) is 3.85. The average molecular weight is 299 g/mol. The molecule has 6 heteroatoms. The van der Waals surface area contributed by atoms with Crippen LogP contribution in [0.25, 0.3) is 0 Å². The van der Waals surface area contributed by atoms with Gasteiger partial charge >= 0.3 is 11.9 Å². The number of esters is 2. The fourth-order valence-electron chi connectivity index (χ4n) is 0.900. The van der Waals surface area contributed by atoms with Crippen molar-refractivity contribution in [3.8, 4) is 0 Å². The Hall–Kier alpha value is -1.66. The number of rotatable bonds is 7. The van der Waals surface area contributed by atoms with Gasteiger partial charge in [0.15, 0.2) is 0 Å². The smallest absolute Gasteiger partial charge is 0.333 e. The lowest BCUT2D eigenvalue weighted by Crippen LogP contribution is -2.20. The molecule has 0 aliphatic carbocycles. The summed E-state index contributed by atoms with van der Waals surface area (Å²) in [6.07, 6.45) is 0.142. The van der Waals surface area contributed by atoms with Gasteiger partial charge in [0.1, 0.15) is 19.3 Å². The number of epoxide rings is 1. The van der Waals surface area contributed by atoms with Gasteiger partial charge in [-0.05, 0) is 27.9 Å². The molecule has 1 atom stereocenters. The first-order valence-electron chi connectivity index (χ1n) is 6.65. The molecule has 1 aliphatic heterocycles. The van der Waals surface area contributed by atoms with Crippen LogP contribution in [-0.4, -0.2) is 63.4 Å². The minimum absolute atomic E-state index is 0.142. The highest BCUT2D eigenvalue weighted by molar-refractivity contribution is 5.87. The maximum atomic E-state index is 10.8. The van der Waals surface area contributed by atoms with Crippen molar-refractivity contribution in [2.24, 2.45) is 0 Å². The van der Waals surface area contributed by atoms with E-state index in [1.54, 1.807) is 13.8 Å². The number of ether oxygens (including phenoxy) is 3. The fourth-order valence-corrected chi connectivity index (χ4v) is 0.900. The number of hydrogen-bond donors (Lipinski definition) is 0. The van der Waals surface area contributed by atoms with Crippen molar-refractivity contribution in [3.63, 3.8) is 0 Å². The summed E-state index contributed by atoms with van der Waals surface area (Å²) in [6.45, 7) is 12.4. The maximum Gasteiger partial charge on any atom is 0.333 e. The predicted molar refractivity (Wildman–Crippen MR) is 79.8 cm³/mol. The highest BCUT2D eigenvalue weighted by atomic mass is 16.6. The Balaban J connectivity index is 0.000000382. The molecule has 0 aromatic rings. The molecule has 1 heterocycles. The van der Waals surface area contributed by atoms with Crippen molar-refractivity contribution in [2.75, 3.05) is 40.5 Å². The molecule has 21 heavy (non-hydrogen) atoms. The second-order valence-corrected chi connectivity index (χ2v) is 5.05. The van der Waals surface area contributed by atoms with Crippen molar-refractivity contribution >= 4 is 11.9 Å². The molecule has 0 aromatic carbocycles. The summed E-state index contributed by atoms with van der Waals surface area (Å²) in [4.78, 5) is 23.4. The minimum atomic E-state index is -0.337. The van der Waals surface area contributed by atoms with Crippen molar-refractivity contribution in [3.05, 3.63) is 24.3 Å². The molecule has 6 nitrogen and oxygen atoms in total. The molecule has 0 aromatic heterocycles. The third-order valence-electron chi connectivity index (χ3n) is 2.27. The lowest BCUT2D eigenvalue weighted by atomic mass is 10.4. The normalized spacial score (nSPS) is 15.6. The topological polar surface area (TPSA) is 68.4 Å². The standard InChI is InChI=1S/C8H15NO2.C7H10O3/c1-7(2)8(10)11-6-5-9(3)4;1-5(2)7(8)10-4-6-3-9-6/h1,5-6H2,2-4H3;6H,1,3-4H2,2H3. The zero-order chi connectivity index (χ0) is 16.4. The fraction of sp³-hybridized carbons (Fsp3) is 0.600. The van der Waals surface area contributed by atoms with Crippen molar-refractivity contribution in [1.82, 2.24) is 4.90 Å². The molecule has 1 saturated heterocycles. The van der Waals surface area contributed by atoms with Crippen LogP contribution in [-0.2, 0) is 23.8 Å². The van der Waals surface area contributed by atoms with E-state index in [-0.39, 0.29) is 18.0 Å². The predicted octanol–water partition coefficient (Wildman–Crippen LogP) is 1.17. The van der Waals surface area contributed by atoms with E-state index in [1.165, 1.54) is 0 Å².